The first-order valence-corrected chi connectivity index (χ1v) is 23.1. The minimum absolute atomic E-state index is 0.576. The summed E-state index contributed by atoms with van der Waals surface area (Å²) >= 11 is 0. The number of benzene rings is 11. The quantitative estimate of drug-likeness (QED) is 0.151. The van der Waals surface area contributed by atoms with Crippen LogP contribution in [-0.4, -0.2) is 0 Å². The molecular weight excluding hydrogens is 811 g/mol. The van der Waals surface area contributed by atoms with Crippen LogP contribution in [0.2, 0.25) is 0 Å². The van der Waals surface area contributed by atoms with Gasteiger partial charge in [0, 0.05) is 27.7 Å². The molecule has 0 saturated carbocycles. The van der Waals surface area contributed by atoms with Crippen LogP contribution in [0.25, 0.3) is 77.2 Å². The molecule has 0 bridgehead atoms. The molecule has 1 aliphatic rings. The lowest BCUT2D eigenvalue weighted by Gasteiger charge is -2.35. The number of nitrogens with zero attached hydrogens (tertiary/aromatic N) is 1. The van der Waals surface area contributed by atoms with Crippen molar-refractivity contribution < 1.29 is 4.42 Å². The number of hydrogen-bond donors (Lipinski definition) is 0. The van der Waals surface area contributed by atoms with Crippen molar-refractivity contribution >= 4 is 49.8 Å². The van der Waals surface area contributed by atoms with Crippen molar-refractivity contribution in [3.63, 3.8) is 0 Å². The van der Waals surface area contributed by atoms with Crippen molar-refractivity contribution in [1.29, 1.82) is 0 Å². The lowest BCUT2D eigenvalue weighted by molar-refractivity contribution is 0.673. The summed E-state index contributed by atoms with van der Waals surface area (Å²) in [5.41, 5.74) is 18.7. The summed E-state index contributed by atoms with van der Waals surface area (Å²) in [5, 5.41) is 4.39. The molecule has 1 aliphatic carbocycles. The molecule has 0 unspecified atom stereocenters. The van der Waals surface area contributed by atoms with Gasteiger partial charge in [-0.1, -0.05) is 212 Å². The molecule has 1 heterocycles. The Balaban J connectivity index is 1.14. The summed E-state index contributed by atoms with van der Waals surface area (Å²) in [6.07, 6.45) is 0. The van der Waals surface area contributed by atoms with Gasteiger partial charge in [-0.2, -0.15) is 0 Å². The van der Waals surface area contributed by atoms with E-state index in [4.69, 9.17) is 4.42 Å². The zero-order chi connectivity index (χ0) is 44.3. The largest absolute Gasteiger partial charge is 0.455 e. The molecule has 67 heavy (non-hydrogen) atoms. The zero-order valence-electron chi connectivity index (χ0n) is 36.7. The van der Waals surface area contributed by atoms with Gasteiger partial charge in [-0.3, -0.25) is 0 Å². The lowest BCUT2D eigenvalue weighted by atomic mass is 9.67. The minimum atomic E-state index is -0.576. The summed E-state index contributed by atoms with van der Waals surface area (Å²) in [4.78, 5) is 2.50. The third kappa shape index (κ3) is 6.18. The summed E-state index contributed by atoms with van der Waals surface area (Å²) in [6.45, 7) is 0. The van der Waals surface area contributed by atoms with Crippen LogP contribution in [0.15, 0.2) is 265 Å². The Hall–Kier alpha value is -8.72. The van der Waals surface area contributed by atoms with E-state index in [0.29, 0.717) is 0 Å². The standard InChI is InChI=1S/C65H43NO/c1-5-18-44(19-6-1)46-32-35-52(36-33-46)66(53-37-39-57-56-30-15-16-31-59(56)65(60(57)43-53,50-25-9-3-10-26-50)51-27-11-4-12-28-51)63-54(49-24-17-23-48(42-49)45-20-7-2-8-21-45)40-41-61-62(63)58-38-34-47-22-13-14-29-55(47)64(58)67-61/h1-43H. The summed E-state index contributed by atoms with van der Waals surface area (Å²) in [6, 6.07) is 95.1. The molecule has 1 aromatic heterocycles. The smallest absolute Gasteiger partial charge is 0.143 e. The Morgan fingerprint density at radius 1 is 0.328 bits per heavy atom. The van der Waals surface area contributed by atoms with Gasteiger partial charge in [0.15, 0.2) is 0 Å². The van der Waals surface area contributed by atoms with Crippen LogP contribution in [0.5, 0.6) is 0 Å². The summed E-state index contributed by atoms with van der Waals surface area (Å²) in [5.74, 6) is 0. The van der Waals surface area contributed by atoms with Crippen molar-refractivity contribution in [2.45, 2.75) is 5.41 Å². The maximum atomic E-state index is 7.03. The van der Waals surface area contributed by atoms with Gasteiger partial charge in [-0.05, 0) is 115 Å². The van der Waals surface area contributed by atoms with Gasteiger partial charge in [0.05, 0.1) is 16.5 Å². The predicted octanol–water partition coefficient (Wildman–Crippen LogP) is 17.6. The highest BCUT2D eigenvalue weighted by atomic mass is 16.3. The Labute approximate surface area is 390 Å². The molecule has 314 valence electrons. The van der Waals surface area contributed by atoms with Crippen molar-refractivity contribution in [2.75, 3.05) is 4.90 Å². The van der Waals surface area contributed by atoms with E-state index in [1.54, 1.807) is 0 Å². The highest BCUT2D eigenvalue weighted by molar-refractivity contribution is 6.22. The summed E-state index contributed by atoms with van der Waals surface area (Å²) in [7, 11) is 0. The zero-order valence-corrected chi connectivity index (χ0v) is 36.7. The fourth-order valence-electron chi connectivity index (χ4n) is 11.0. The van der Waals surface area contributed by atoms with Gasteiger partial charge in [-0.15, -0.1) is 0 Å². The van der Waals surface area contributed by atoms with Crippen molar-refractivity contribution in [1.82, 2.24) is 0 Å². The Morgan fingerprint density at radius 3 is 1.61 bits per heavy atom. The second-order valence-corrected chi connectivity index (χ2v) is 17.6. The van der Waals surface area contributed by atoms with E-state index in [2.05, 4.69) is 266 Å². The van der Waals surface area contributed by atoms with E-state index in [9.17, 15) is 0 Å². The van der Waals surface area contributed by atoms with E-state index in [0.717, 1.165) is 72.0 Å². The van der Waals surface area contributed by atoms with E-state index >= 15 is 0 Å². The third-order valence-corrected chi connectivity index (χ3v) is 13.9. The second-order valence-electron chi connectivity index (χ2n) is 17.6. The van der Waals surface area contributed by atoms with E-state index in [1.165, 1.54) is 44.5 Å². The first-order chi connectivity index (χ1) is 33.2. The van der Waals surface area contributed by atoms with Crippen LogP contribution in [-0.2, 0) is 5.41 Å². The maximum Gasteiger partial charge on any atom is 0.143 e. The fraction of sp³-hybridized carbons (Fsp3) is 0.0154. The van der Waals surface area contributed by atoms with Gasteiger partial charge in [0.1, 0.15) is 11.2 Å². The monoisotopic (exact) mass is 853 g/mol. The first kappa shape index (κ1) is 38.7. The molecule has 0 amide bonds. The topological polar surface area (TPSA) is 16.4 Å². The highest BCUT2D eigenvalue weighted by Crippen LogP contribution is 2.58. The van der Waals surface area contributed by atoms with Crippen LogP contribution in [0.3, 0.4) is 0 Å². The molecule has 0 saturated heterocycles. The van der Waals surface area contributed by atoms with Crippen LogP contribution in [0.4, 0.5) is 17.1 Å². The molecule has 13 rings (SSSR count). The molecular formula is C65H43NO. The number of furan rings is 1. The average molecular weight is 854 g/mol. The van der Waals surface area contributed by atoms with Gasteiger partial charge < -0.3 is 9.32 Å². The molecule has 12 aromatic rings. The van der Waals surface area contributed by atoms with Crippen molar-refractivity contribution in [3.05, 3.63) is 283 Å². The molecule has 0 fully saturated rings. The normalized spacial score (nSPS) is 12.6. The highest BCUT2D eigenvalue weighted by Gasteiger charge is 2.46. The average Bonchev–Trinajstić information content (AvgIpc) is 3.94. The Bertz CT molecular complexity index is 3740. The van der Waals surface area contributed by atoms with Crippen LogP contribution < -0.4 is 4.90 Å². The molecule has 2 heteroatoms. The van der Waals surface area contributed by atoms with Gasteiger partial charge >= 0.3 is 0 Å². The number of anilines is 3. The molecule has 11 aromatic carbocycles. The van der Waals surface area contributed by atoms with Gasteiger partial charge in [0.25, 0.3) is 0 Å². The molecule has 2 nitrogen and oxygen atoms in total. The summed E-state index contributed by atoms with van der Waals surface area (Å²) < 4.78 is 7.03. The van der Waals surface area contributed by atoms with E-state index in [-0.39, 0.29) is 0 Å². The molecule has 0 aliphatic heterocycles. The minimum Gasteiger partial charge on any atom is -0.455 e. The van der Waals surface area contributed by atoms with Crippen molar-refractivity contribution in [2.24, 2.45) is 0 Å². The van der Waals surface area contributed by atoms with Crippen LogP contribution in [0, 0.1) is 0 Å². The lowest BCUT2D eigenvalue weighted by Crippen LogP contribution is -2.28. The van der Waals surface area contributed by atoms with E-state index < -0.39 is 5.41 Å². The molecule has 0 N–H and O–H groups in total. The number of fused-ring (bicyclic) bond motifs is 8. The SMILES string of the molecule is c1ccc(-c2ccc(N(c3ccc4c(c3)C(c3ccccc3)(c3ccccc3)c3ccccc3-4)c3c(-c4cccc(-c5ccccc5)c4)ccc4oc5c6ccccc6ccc5c34)cc2)cc1. The Morgan fingerprint density at radius 2 is 0.881 bits per heavy atom. The van der Waals surface area contributed by atoms with Crippen LogP contribution in [0.1, 0.15) is 22.3 Å². The van der Waals surface area contributed by atoms with Crippen LogP contribution >= 0.6 is 0 Å². The number of hydrogen-bond acceptors (Lipinski definition) is 2. The van der Waals surface area contributed by atoms with Gasteiger partial charge in [0.2, 0.25) is 0 Å². The molecule has 0 spiro atoms. The molecule has 0 radical (unpaired) electrons. The second kappa shape index (κ2) is 15.8. The predicted molar refractivity (Wildman–Crippen MR) is 280 cm³/mol. The van der Waals surface area contributed by atoms with Crippen molar-refractivity contribution in [3.8, 4) is 44.5 Å². The maximum absolute atomic E-state index is 7.03. The fourth-order valence-corrected chi connectivity index (χ4v) is 11.0. The first-order valence-electron chi connectivity index (χ1n) is 23.1. The van der Waals surface area contributed by atoms with E-state index in [1.807, 2.05) is 0 Å². The number of rotatable bonds is 8. The molecule has 0 atom stereocenters. The van der Waals surface area contributed by atoms with Gasteiger partial charge in [-0.25, -0.2) is 0 Å². The third-order valence-electron chi connectivity index (χ3n) is 13.9. The Kier molecular flexibility index (Phi) is 9.11.